The molecular formula is C13H16BrClN2O2S. The number of sulfonamides is 1. The van der Waals surface area contributed by atoms with Gasteiger partial charge in [0, 0.05) is 23.6 Å². The molecule has 110 valence electrons. The molecule has 2 fully saturated rings. The standard InChI is InChI=1S/C13H16BrClN2O2S/c14-10-2-1-3-11(15)13(10)20(18,19)17-6-8-4-5-12(16)9(8)7-17/h1-3,8-9,12H,4-7,16H2. The van der Waals surface area contributed by atoms with Crippen molar-refractivity contribution in [3.05, 3.63) is 27.7 Å². The van der Waals surface area contributed by atoms with Gasteiger partial charge >= 0.3 is 0 Å². The van der Waals surface area contributed by atoms with Crippen molar-refractivity contribution in [2.75, 3.05) is 13.1 Å². The molecule has 2 aliphatic rings. The summed E-state index contributed by atoms with van der Waals surface area (Å²) in [5, 5.41) is 0.251. The molecule has 1 aromatic carbocycles. The lowest BCUT2D eigenvalue weighted by Crippen LogP contribution is -2.33. The minimum Gasteiger partial charge on any atom is -0.327 e. The van der Waals surface area contributed by atoms with Crippen LogP contribution in [0.1, 0.15) is 12.8 Å². The predicted molar refractivity (Wildman–Crippen MR) is 82.1 cm³/mol. The number of rotatable bonds is 2. The Morgan fingerprint density at radius 2 is 2.05 bits per heavy atom. The van der Waals surface area contributed by atoms with Gasteiger partial charge in [0.1, 0.15) is 4.90 Å². The van der Waals surface area contributed by atoms with Crippen LogP contribution in [-0.4, -0.2) is 31.9 Å². The van der Waals surface area contributed by atoms with E-state index in [1.165, 1.54) is 4.31 Å². The smallest absolute Gasteiger partial charge is 0.245 e. The molecule has 2 N–H and O–H groups in total. The molecule has 3 unspecified atom stereocenters. The van der Waals surface area contributed by atoms with E-state index in [-0.39, 0.29) is 21.9 Å². The maximum absolute atomic E-state index is 12.8. The molecule has 1 aliphatic carbocycles. The van der Waals surface area contributed by atoms with E-state index in [9.17, 15) is 8.42 Å². The van der Waals surface area contributed by atoms with Crippen LogP contribution in [0.25, 0.3) is 0 Å². The fourth-order valence-corrected chi connectivity index (χ4v) is 6.53. The van der Waals surface area contributed by atoms with Crippen molar-refractivity contribution in [3.8, 4) is 0 Å². The van der Waals surface area contributed by atoms with Gasteiger partial charge in [0.25, 0.3) is 0 Å². The van der Waals surface area contributed by atoms with Crippen LogP contribution in [0, 0.1) is 11.8 Å². The zero-order chi connectivity index (χ0) is 14.5. The molecule has 3 rings (SSSR count). The van der Waals surface area contributed by atoms with E-state index in [0.29, 0.717) is 23.5 Å². The summed E-state index contributed by atoms with van der Waals surface area (Å²) in [7, 11) is -3.57. The topological polar surface area (TPSA) is 63.4 Å². The van der Waals surface area contributed by atoms with E-state index in [0.717, 1.165) is 12.8 Å². The molecular weight excluding hydrogens is 364 g/mol. The summed E-state index contributed by atoms with van der Waals surface area (Å²) in [6.07, 6.45) is 2.01. The summed E-state index contributed by atoms with van der Waals surface area (Å²) >= 11 is 9.37. The van der Waals surface area contributed by atoms with Gasteiger partial charge in [0.05, 0.1) is 5.02 Å². The third-order valence-corrected chi connectivity index (χ3v) is 7.68. The highest BCUT2D eigenvalue weighted by Crippen LogP contribution is 2.41. The molecule has 0 spiro atoms. The van der Waals surface area contributed by atoms with Gasteiger partial charge in [-0.1, -0.05) is 17.7 Å². The second-order valence-corrected chi connectivity index (χ2v) is 8.67. The second-order valence-electron chi connectivity index (χ2n) is 5.54. The Labute approximate surface area is 132 Å². The Kier molecular flexibility index (Phi) is 3.88. The molecule has 0 radical (unpaired) electrons. The van der Waals surface area contributed by atoms with E-state index < -0.39 is 10.0 Å². The van der Waals surface area contributed by atoms with Crippen molar-refractivity contribution >= 4 is 37.6 Å². The molecule has 1 saturated heterocycles. The Balaban J connectivity index is 1.94. The molecule has 3 atom stereocenters. The normalized spacial score (nSPS) is 30.6. The van der Waals surface area contributed by atoms with Crippen molar-refractivity contribution in [2.24, 2.45) is 17.6 Å². The van der Waals surface area contributed by atoms with Gasteiger partial charge in [-0.05, 0) is 52.7 Å². The van der Waals surface area contributed by atoms with Gasteiger partial charge in [0.2, 0.25) is 10.0 Å². The number of nitrogens with two attached hydrogens (primary N) is 1. The highest BCUT2D eigenvalue weighted by molar-refractivity contribution is 9.10. The first-order chi connectivity index (χ1) is 9.41. The van der Waals surface area contributed by atoms with Gasteiger partial charge in [0.15, 0.2) is 0 Å². The maximum atomic E-state index is 12.8. The Hall–Kier alpha value is -0.140. The largest absolute Gasteiger partial charge is 0.327 e. The summed E-state index contributed by atoms with van der Waals surface area (Å²) in [4.78, 5) is 0.162. The Bertz CT molecular complexity index is 617. The lowest BCUT2D eigenvalue weighted by Gasteiger charge is -2.20. The monoisotopic (exact) mass is 378 g/mol. The average Bonchev–Trinajstić information content (AvgIpc) is 2.92. The summed E-state index contributed by atoms with van der Waals surface area (Å²) in [5.74, 6) is 0.673. The number of hydrogen-bond acceptors (Lipinski definition) is 3. The van der Waals surface area contributed by atoms with Crippen LogP contribution in [0.2, 0.25) is 5.02 Å². The minimum absolute atomic E-state index is 0.120. The third kappa shape index (κ3) is 2.31. The van der Waals surface area contributed by atoms with Crippen LogP contribution in [0.4, 0.5) is 0 Å². The first-order valence-electron chi connectivity index (χ1n) is 6.61. The van der Waals surface area contributed by atoms with E-state index in [4.69, 9.17) is 17.3 Å². The molecule has 1 saturated carbocycles. The van der Waals surface area contributed by atoms with Crippen molar-refractivity contribution in [2.45, 2.75) is 23.8 Å². The highest BCUT2D eigenvalue weighted by atomic mass is 79.9. The number of halogens is 2. The minimum atomic E-state index is -3.57. The SMILES string of the molecule is NC1CCC2CN(S(=O)(=O)c3c(Cl)cccc3Br)CC12. The van der Waals surface area contributed by atoms with Crippen LogP contribution >= 0.6 is 27.5 Å². The molecule has 4 nitrogen and oxygen atoms in total. The van der Waals surface area contributed by atoms with E-state index in [1.807, 2.05) is 0 Å². The van der Waals surface area contributed by atoms with Crippen LogP contribution in [0.15, 0.2) is 27.6 Å². The summed E-state index contributed by atoms with van der Waals surface area (Å²) in [6, 6.07) is 5.14. The maximum Gasteiger partial charge on any atom is 0.245 e. The molecule has 1 aliphatic heterocycles. The first kappa shape index (κ1) is 14.8. The number of fused-ring (bicyclic) bond motifs is 1. The Morgan fingerprint density at radius 3 is 2.70 bits per heavy atom. The zero-order valence-corrected chi connectivity index (χ0v) is 14.0. The second kappa shape index (κ2) is 5.25. The van der Waals surface area contributed by atoms with Crippen molar-refractivity contribution in [1.82, 2.24) is 4.31 Å². The summed E-state index contributed by atoms with van der Waals surface area (Å²) < 4.78 is 27.6. The lowest BCUT2D eigenvalue weighted by molar-refractivity contribution is 0.427. The molecule has 7 heteroatoms. The third-order valence-electron chi connectivity index (χ3n) is 4.40. The van der Waals surface area contributed by atoms with Gasteiger partial charge < -0.3 is 5.73 Å². The fourth-order valence-electron chi connectivity index (χ4n) is 3.32. The quantitative estimate of drug-likeness (QED) is 0.858. The van der Waals surface area contributed by atoms with Crippen LogP contribution in [0.3, 0.4) is 0 Å². The number of hydrogen-bond donors (Lipinski definition) is 1. The van der Waals surface area contributed by atoms with Gasteiger partial charge in [-0.15, -0.1) is 0 Å². The Morgan fingerprint density at radius 1 is 1.30 bits per heavy atom. The number of nitrogens with zero attached hydrogens (tertiary/aromatic N) is 1. The summed E-state index contributed by atoms with van der Waals surface area (Å²) in [6.45, 7) is 1.06. The lowest BCUT2D eigenvalue weighted by atomic mass is 9.98. The fraction of sp³-hybridized carbons (Fsp3) is 0.538. The van der Waals surface area contributed by atoms with E-state index >= 15 is 0 Å². The first-order valence-corrected chi connectivity index (χ1v) is 9.22. The van der Waals surface area contributed by atoms with Crippen LogP contribution < -0.4 is 5.73 Å². The zero-order valence-electron chi connectivity index (χ0n) is 10.8. The molecule has 0 bridgehead atoms. The summed E-state index contributed by atoms with van der Waals surface area (Å²) in [5.41, 5.74) is 6.07. The van der Waals surface area contributed by atoms with Gasteiger partial charge in [-0.2, -0.15) is 4.31 Å². The van der Waals surface area contributed by atoms with E-state index in [1.54, 1.807) is 18.2 Å². The van der Waals surface area contributed by atoms with Crippen molar-refractivity contribution in [3.63, 3.8) is 0 Å². The highest BCUT2D eigenvalue weighted by Gasteiger charge is 2.45. The molecule has 1 heterocycles. The van der Waals surface area contributed by atoms with E-state index in [2.05, 4.69) is 15.9 Å². The molecule has 0 aromatic heterocycles. The molecule has 0 amide bonds. The van der Waals surface area contributed by atoms with Gasteiger partial charge in [-0.3, -0.25) is 0 Å². The average molecular weight is 380 g/mol. The van der Waals surface area contributed by atoms with Crippen molar-refractivity contribution < 1.29 is 8.42 Å². The van der Waals surface area contributed by atoms with Crippen LogP contribution in [0.5, 0.6) is 0 Å². The molecule has 1 aromatic rings. The van der Waals surface area contributed by atoms with Crippen LogP contribution in [-0.2, 0) is 10.0 Å². The molecule has 20 heavy (non-hydrogen) atoms. The number of benzene rings is 1. The predicted octanol–water partition coefficient (Wildman–Crippen LogP) is 2.46. The van der Waals surface area contributed by atoms with Crippen molar-refractivity contribution in [1.29, 1.82) is 0 Å². The van der Waals surface area contributed by atoms with Gasteiger partial charge in [-0.25, -0.2) is 8.42 Å².